The van der Waals surface area contributed by atoms with E-state index in [4.69, 9.17) is 9.47 Å². The van der Waals surface area contributed by atoms with E-state index < -0.39 is 55.7 Å². The highest BCUT2D eigenvalue weighted by molar-refractivity contribution is 7.90. The summed E-state index contributed by atoms with van der Waals surface area (Å²) in [5.74, 6) is -3.13. The minimum atomic E-state index is -3.93. The lowest BCUT2D eigenvalue weighted by molar-refractivity contribution is -0.387. The quantitative estimate of drug-likeness (QED) is 0.280. The number of nitro groups is 1. The van der Waals surface area contributed by atoms with Crippen LogP contribution in [0.2, 0.25) is 0 Å². The number of sulfone groups is 1. The van der Waals surface area contributed by atoms with E-state index in [1.807, 2.05) is 0 Å². The summed E-state index contributed by atoms with van der Waals surface area (Å²) in [6, 6.07) is 2.65. The van der Waals surface area contributed by atoms with Gasteiger partial charge in [0, 0.05) is 26.4 Å². The van der Waals surface area contributed by atoms with Crippen molar-refractivity contribution < 1.29 is 42.0 Å². The van der Waals surface area contributed by atoms with E-state index in [2.05, 4.69) is 5.32 Å². The van der Waals surface area contributed by atoms with Gasteiger partial charge in [0.2, 0.25) is 0 Å². The summed E-state index contributed by atoms with van der Waals surface area (Å²) in [5.41, 5.74) is -0.871. The number of nitrogens with one attached hydrogen (secondary N) is 1. The van der Waals surface area contributed by atoms with Gasteiger partial charge >= 0.3 is 11.9 Å². The standard InChI is InChI=1S/C21H23N3O10S2/c1-6-33-21(28)16-11(2)17(19(26)23(3)4)35-18(16)22-15(25)10-34-20(27)12-7-8-14(36(5,31)32)13(9-12)24(29)30/h7-9H,6,10H2,1-5H3,(H,22,25). The molecule has 0 aliphatic carbocycles. The zero-order chi connectivity index (χ0) is 27.4. The van der Waals surface area contributed by atoms with Crippen molar-refractivity contribution in [2.75, 3.05) is 38.9 Å². The first-order chi connectivity index (χ1) is 16.7. The van der Waals surface area contributed by atoms with E-state index in [1.54, 1.807) is 6.92 Å². The first-order valence-electron chi connectivity index (χ1n) is 10.2. The van der Waals surface area contributed by atoms with Crippen molar-refractivity contribution in [1.82, 2.24) is 4.90 Å². The number of anilines is 1. The number of ether oxygens (including phenoxy) is 2. The van der Waals surface area contributed by atoms with Crippen LogP contribution in [0, 0.1) is 17.0 Å². The van der Waals surface area contributed by atoms with Crippen LogP contribution in [0.3, 0.4) is 0 Å². The van der Waals surface area contributed by atoms with Gasteiger partial charge in [0.1, 0.15) is 9.90 Å². The number of benzene rings is 1. The van der Waals surface area contributed by atoms with Gasteiger partial charge in [-0.25, -0.2) is 18.0 Å². The predicted octanol–water partition coefficient (Wildman–Crippen LogP) is 2.04. The molecule has 0 saturated carbocycles. The fraction of sp³-hybridized carbons (Fsp3) is 0.333. The number of amides is 2. The van der Waals surface area contributed by atoms with Crippen molar-refractivity contribution in [3.05, 3.63) is 49.9 Å². The van der Waals surface area contributed by atoms with Crippen molar-refractivity contribution in [1.29, 1.82) is 0 Å². The Kier molecular flexibility index (Phi) is 8.88. The van der Waals surface area contributed by atoms with Crippen LogP contribution in [0.5, 0.6) is 0 Å². The van der Waals surface area contributed by atoms with Gasteiger partial charge in [0.05, 0.1) is 27.5 Å². The highest BCUT2D eigenvalue weighted by Gasteiger charge is 2.28. The van der Waals surface area contributed by atoms with Crippen molar-refractivity contribution >= 4 is 55.6 Å². The summed E-state index contributed by atoms with van der Waals surface area (Å²) in [6.07, 6.45) is 0.784. The normalized spacial score (nSPS) is 10.9. The average Bonchev–Trinajstić information content (AvgIpc) is 3.11. The first-order valence-corrected chi connectivity index (χ1v) is 12.9. The Hall–Kier alpha value is -3.85. The summed E-state index contributed by atoms with van der Waals surface area (Å²) in [5, 5.41) is 13.7. The van der Waals surface area contributed by atoms with Gasteiger partial charge in [-0.05, 0) is 31.5 Å². The molecule has 1 N–H and O–H groups in total. The fourth-order valence-electron chi connectivity index (χ4n) is 2.94. The molecule has 0 fully saturated rings. The van der Waals surface area contributed by atoms with E-state index in [-0.39, 0.29) is 27.6 Å². The minimum Gasteiger partial charge on any atom is -0.462 e. The lowest BCUT2D eigenvalue weighted by Gasteiger charge is -2.09. The Morgan fingerprint density at radius 2 is 1.78 bits per heavy atom. The highest BCUT2D eigenvalue weighted by atomic mass is 32.2. The molecule has 2 rings (SSSR count). The van der Waals surface area contributed by atoms with Gasteiger partial charge in [-0.3, -0.25) is 19.7 Å². The van der Waals surface area contributed by atoms with Gasteiger partial charge in [0.25, 0.3) is 17.5 Å². The molecule has 15 heteroatoms. The van der Waals surface area contributed by atoms with Crippen molar-refractivity contribution in [2.45, 2.75) is 18.7 Å². The third kappa shape index (κ3) is 6.42. The Balaban J connectivity index is 2.24. The lowest BCUT2D eigenvalue weighted by atomic mass is 10.1. The molecular formula is C21H23N3O10S2. The molecule has 0 bridgehead atoms. The molecule has 2 amide bonds. The average molecular weight is 542 g/mol. The van der Waals surface area contributed by atoms with Gasteiger partial charge in [0.15, 0.2) is 16.4 Å². The molecule has 0 radical (unpaired) electrons. The van der Waals surface area contributed by atoms with Crippen LogP contribution in [0.1, 0.15) is 42.9 Å². The van der Waals surface area contributed by atoms with Crippen LogP contribution < -0.4 is 5.32 Å². The Morgan fingerprint density at radius 3 is 2.31 bits per heavy atom. The number of rotatable bonds is 9. The van der Waals surface area contributed by atoms with Gasteiger partial charge in [-0.2, -0.15) is 0 Å². The van der Waals surface area contributed by atoms with Crippen molar-refractivity contribution in [2.24, 2.45) is 0 Å². The summed E-state index contributed by atoms with van der Waals surface area (Å²) in [6.45, 7) is 2.34. The third-order valence-electron chi connectivity index (χ3n) is 4.60. The molecule has 194 valence electrons. The zero-order valence-electron chi connectivity index (χ0n) is 19.9. The molecule has 0 spiro atoms. The second kappa shape index (κ2) is 11.3. The molecule has 0 atom stereocenters. The maximum Gasteiger partial charge on any atom is 0.341 e. The highest BCUT2D eigenvalue weighted by Crippen LogP contribution is 2.34. The van der Waals surface area contributed by atoms with E-state index in [1.165, 1.54) is 25.9 Å². The molecular weight excluding hydrogens is 518 g/mol. The molecule has 0 aliphatic rings. The number of carbonyl (C=O) groups is 4. The number of esters is 2. The fourth-order valence-corrected chi connectivity index (χ4v) is 5.00. The first kappa shape index (κ1) is 28.4. The van der Waals surface area contributed by atoms with Gasteiger partial charge < -0.3 is 19.7 Å². The van der Waals surface area contributed by atoms with Crippen molar-refractivity contribution in [3.8, 4) is 0 Å². The number of nitro benzene ring substituents is 1. The summed E-state index contributed by atoms with van der Waals surface area (Å²) >= 11 is 0.848. The van der Waals surface area contributed by atoms with E-state index in [0.29, 0.717) is 5.56 Å². The van der Waals surface area contributed by atoms with E-state index >= 15 is 0 Å². The third-order valence-corrected chi connectivity index (χ3v) is 6.94. The second-order valence-corrected chi connectivity index (χ2v) is 10.5. The predicted molar refractivity (Wildman–Crippen MR) is 128 cm³/mol. The molecule has 0 aliphatic heterocycles. The summed E-state index contributed by atoms with van der Waals surface area (Å²) in [7, 11) is -0.884. The maximum absolute atomic E-state index is 12.4. The smallest absolute Gasteiger partial charge is 0.341 e. The lowest BCUT2D eigenvalue weighted by Crippen LogP contribution is -2.22. The van der Waals surface area contributed by atoms with Crippen LogP contribution >= 0.6 is 11.3 Å². The monoisotopic (exact) mass is 541 g/mol. The van der Waals surface area contributed by atoms with Crippen LogP contribution in [0.25, 0.3) is 0 Å². The number of hydrogen-bond donors (Lipinski definition) is 1. The minimum absolute atomic E-state index is 0.0151. The topological polar surface area (TPSA) is 179 Å². The molecule has 1 heterocycles. The molecule has 1 aromatic heterocycles. The van der Waals surface area contributed by atoms with Crippen LogP contribution in [-0.2, 0) is 24.1 Å². The molecule has 2 aromatic rings. The van der Waals surface area contributed by atoms with Crippen LogP contribution in [-0.4, -0.2) is 75.6 Å². The zero-order valence-corrected chi connectivity index (χ0v) is 21.6. The van der Waals surface area contributed by atoms with Crippen molar-refractivity contribution in [3.63, 3.8) is 0 Å². The van der Waals surface area contributed by atoms with Gasteiger partial charge in [-0.15, -0.1) is 11.3 Å². The number of carbonyl (C=O) groups excluding carboxylic acids is 4. The largest absolute Gasteiger partial charge is 0.462 e. The molecule has 36 heavy (non-hydrogen) atoms. The molecule has 13 nitrogen and oxygen atoms in total. The van der Waals surface area contributed by atoms with Crippen LogP contribution in [0.15, 0.2) is 23.1 Å². The van der Waals surface area contributed by atoms with E-state index in [0.717, 1.165) is 35.8 Å². The molecule has 1 aromatic carbocycles. The SMILES string of the molecule is CCOC(=O)c1c(NC(=O)COC(=O)c2ccc(S(C)(=O)=O)c([N+](=O)[O-])c2)sc(C(=O)N(C)C)c1C. The number of thiophene rings is 1. The second-order valence-electron chi connectivity index (χ2n) is 7.52. The Labute approximate surface area is 210 Å². The Bertz CT molecular complexity index is 1350. The van der Waals surface area contributed by atoms with E-state index in [9.17, 15) is 37.7 Å². The number of nitrogens with zero attached hydrogens (tertiary/aromatic N) is 2. The molecule has 0 saturated heterocycles. The number of hydrogen-bond acceptors (Lipinski definition) is 11. The summed E-state index contributed by atoms with van der Waals surface area (Å²) < 4.78 is 33.3. The van der Waals surface area contributed by atoms with Gasteiger partial charge in [-0.1, -0.05) is 0 Å². The van der Waals surface area contributed by atoms with Crippen LogP contribution in [0.4, 0.5) is 10.7 Å². The Morgan fingerprint density at radius 1 is 1.14 bits per heavy atom. The summed E-state index contributed by atoms with van der Waals surface area (Å²) in [4.78, 5) is 60.9. The maximum atomic E-state index is 12.4. The molecule has 0 unspecified atom stereocenters.